The van der Waals surface area contributed by atoms with E-state index >= 15 is 0 Å². The van der Waals surface area contributed by atoms with E-state index in [4.69, 9.17) is 16.3 Å². The van der Waals surface area contributed by atoms with E-state index in [1.807, 2.05) is 12.1 Å². The van der Waals surface area contributed by atoms with Gasteiger partial charge in [-0.2, -0.15) is 0 Å². The van der Waals surface area contributed by atoms with Gasteiger partial charge in [0.1, 0.15) is 5.75 Å². The molecule has 1 atom stereocenters. The molecule has 21 heavy (non-hydrogen) atoms. The maximum absolute atomic E-state index is 6.31. The summed E-state index contributed by atoms with van der Waals surface area (Å²) in [6.45, 7) is 8.84. The van der Waals surface area contributed by atoms with Gasteiger partial charge in [0, 0.05) is 30.4 Å². The molecule has 0 radical (unpaired) electrons. The van der Waals surface area contributed by atoms with Gasteiger partial charge in [-0.15, -0.1) is 0 Å². The highest BCUT2D eigenvalue weighted by molar-refractivity contribution is 6.32. The predicted octanol–water partition coefficient (Wildman–Crippen LogP) is 4.10. The fourth-order valence-corrected chi connectivity index (χ4v) is 3.43. The van der Waals surface area contributed by atoms with Crippen molar-refractivity contribution in [1.82, 2.24) is 5.32 Å². The predicted molar refractivity (Wildman–Crippen MR) is 90.7 cm³/mol. The van der Waals surface area contributed by atoms with Crippen molar-refractivity contribution in [1.29, 1.82) is 0 Å². The smallest absolute Gasteiger partial charge is 0.137 e. The Kier molecular flexibility index (Phi) is 5.39. The molecule has 1 N–H and O–H groups in total. The topological polar surface area (TPSA) is 24.5 Å². The largest absolute Gasteiger partial charge is 0.495 e. The van der Waals surface area contributed by atoms with Gasteiger partial charge in [-0.1, -0.05) is 32.4 Å². The van der Waals surface area contributed by atoms with E-state index in [1.165, 1.54) is 5.69 Å². The number of benzene rings is 1. The molecule has 1 fully saturated rings. The molecular formula is C17H27ClN2O. The first-order valence-corrected chi connectivity index (χ1v) is 8.32. The average molecular weight is 311 g/mol. The molecule has 0 aliphatic carbocycles. The number of anilines is 1. The average Bonchev–Trinajstić information content (AvgIpc) is 2.54. The summed E-state index contributed by atoms with van der Waals surface area (Å²) in [6, 6.07) is 6.63. The molecule has 4 heteroatoms. The molecule has 118 valence electrons. The van der Waals surface area contributed by atoms with Crippen molar-refractivity contribution >= 4 is 17.3 Å². The number of ether oxygens (including phenoxy) is 1. The second-order valence-corrected chi connectivity index (χ2v) is 6.28. The molecule has 0 aromatic heterocycles. The summed E-state index contributed by atoms with van der Waals surface area (Å²) in [5, 5.41) is 4.45. The van der Waals surface area contributed by atoms with Gasteiger partial charge in [0.15, 0.2) is 0 Å². The molecular weight excluding hydrogens is 284 g/mol. The standard InChI is InChI=1S/C17H27ClN2O/c1-5-13-11-19-17(6-2,7-3)12-20(13)14-8-9-16(21-4)15(18)10-14/h8-10,13,19H,5-7,11-12H2,1-4H3. The maximum Gasteiger partial charge on any atom is 0.137 e. The Morgan fingerprint density at radius 1 is 1.33 bits per heavy atom. The molecule has 3 nitrogen and oxygen atoms in total. The zero-order valence-corrected chi connectivity index (χ0v) is 14.3. The van der Waals surface area contributed by atoms with E-state index < -0.39 is 0 Å². The molecule has 0 amide bonds. The van der Waals surface area contributed by atoms with Gasteiger partial charge in [0.25, 0.3) is 0 Å². The first kappa shape index (κ1) is 16.4. The van der Waals surface area contributed by atoms with Crippen molar-refractivity contribution in [3.63, 3.8) is 0 Å². The third kappa shape index (κ3) is 3.29. The number of piperazine rings is 1. The minimum atomic E-state index is 0.206. The highest BCUT2D eigenvalue weighted by Crippen LogP contribution is 2.33. The highest BCUT2D eigenvalue weighted by atomic mass is 35.5. The van der Waals surface area contributed by atoms with Gasteiger partial charge < -0.3 is 15.0 Å². The van der Waals surface area contributed by atoms with Crippen molar-refractivity contribution in [2.24, 2.45) is 0 Å². The summed E-state index contributed by atoms with van der Waals surface area (Å²) in [5.74, 6) is 0.737. The van der Waals surface area contributed by atoms with Gasteiger partial charge in [-0.05, 0) is 37.5 Å². The number of hydrogen-bond acceptors (Lipinski definition) is 3. The van der Waals surface area contributed by atoms with Crippen LogP contribution >= 0.6 is 11.6 Å². The summed E-state index contributed by atoms with van der Waals surface area (Å²) >= 11 is 6.31. The molecule has 2 rings (SSSR count). The van der Waals surface area contributed by atoms with Crippen molar-refractivity contribution in [3.8, 4) is 5.75 Å². The van der Waals surface area contributed by atoms with Crippen LogP contribution in [0.2, 0.25) is 5.02 Å². The van der Waals surface area contributed by atoms with E-state index in [1.54, 1.807) is 7.11 Å². The van der Waals surface area contributed by atoms with Crippen LogP contribution in [0.5, 0.6) is 5.75 Å². The number of hydrogen-bond donors (Lipinski definition) is 1. The Morgan fingerprint density at radius 3 is 2.57 bits per heavy atom. The van der Waals surface area contributed by atoms with Crippen LogP contribution in [0.3, 0.4) is 0 Å². The number of nitrogens with zero attached hydrogens (tertiary/aromatic N) is 1. The second-order valence-electron chi connectivity index (χ2n) is 5.88. The zero-order valence-electron chi connectivity index (χ0n) is 13.6. The van der Waals surface area contributed by atoms with Crippen LogP contribution < -0.4 is 15.0 Å². The Bertz CT molecular complexity index is 474. The van der Waals surface area contributed by atoms with E-state index in [0.717, 1.165) is 38.1 Å². The van der Waals surface area contributed by atoms with Crippen molar-refractivity contribution < 1.29 is 4.74 Å². The van der Waals surface area contributed by atoms with Crippen LogP contribution in [-0.2, 0) is 0 Å². The number of halogens is 1. The lowest BCUT2D eigenvalue weighted by atomic mass is 9.87. The van der Waals surface area contributed by atoms with Gasteiger partial charge in [0.2, 0.25) is 0 Å². The fourth-order valence-electron chi connectivity index (χ4n) is 3.18. The lowest BCUT2D eigenvalue weighted by Crippen LogP contribution is -2.64. The lowest BCUT2D eigenvalue weighted by molar-refractivity contribution is 0.246. The van der Waals surface area contributed by atoms with E-state index in [-0.39, 0.29) is 5.54 Å². The maximum atomic E-state index is 6.31. The van der Waals surface area contributed by atoms with Crippen LogP contribution in [0.15, 0.2) is 18.2 Å². The van der Waals surface area contributed by atoms with Gasteiger partial charge in [-0.3, -0.25) is 0 Å². The Balaban J connectivity index is 2.30. The molecule has 0 spiro atoms. The quantitative estimate of drug-likeness (QED) is 0.886. The van der Waals surface area contributed by atoms with Crippen molar-refractivity contribution in [2.45, 2.75) is 51.6 Å². The second kappa shape index (κ2) is 6.89. The van der Waals surface area contributed by atoms with Gasteiger partial charge in [-0.25, -0.2) is 0 Å². The summed E-state index contributed by atoms with van der Waals surface area (Å²) in [7, 11) is 1.65. The summed E-state index contributed by atoms with van der Waals surface area (Å²) < 4.78 is 5.26. The molecule has 0 saturated carbocycles. The van der Waals surface area contributed by atoms with E-state index in [9.17, 15) is 0 Å². The summed E-state index contributed by atoms with van der Waals surface area (Å²) in [6.07, 6.45) is 3.40. The fraction of sp³-hybridized carbons (Fsp3) is 0.647. The summed E-state index contributed by atoms with van der Waals surface area (Å²) in [4.78, 5) is 2.51. The SMILES string of the molecule is CCC1CNC(CC)(CC)CN1c1ccc(OC)c(Cl)c1. The zero-order chi connectivity index (χ0) is 15.5. The first-order chi connectivity index (χ1) is 10.1. The molecule has 1 aromatic carbocycles. The molecule has 1 aromatic rings. The number of rotatable bonds is 5. The van der Waals surface area contributed by atoms with Crippen LogP contribution in [0.1, 0.15) is 40.0 Å². The minimum absolute atomic E-state index is 0.206. The molecule has 1 saturated heterocycles. The van der Waals surface area contributed by atoms with Crippen LogP contribution in [0, 0.1) is 0 Å². The summed E-state index contributed by atoms with van der Waals surface area (Å²) in [5.41, 5.74) is 1.40. The Labute approximate surface area is 133 Å². The Morgan fingerprint density at radius 2 is 2.05 bits per heavy atom. The molecule has 1 unspecified atom stereocenters. The normalized spacial score (nSPS) is 21.4. The van der Waals surface area contributed by atoms with Crippen molar-refractivity contribution in [2.75, 3.05) is 25.1 Å². The number of methoxy groups -OCH3 is 1. The molecule has 1 heterocycles. The Hall–Kier alpha value is -0.930. The third-order valence-corrected chi connectivity index (χ3v) is 5.21. The van der Waals surface area contributed by atoms with Gasteiger partial charge in [0.05, 0.1) is 12.1 Å². The van der Waals surface area contributed by atoms with Crippen molar-refractivity contribution in [3.05, 3.63) is 23.2 Å². The van der Waals surface area contributed by atoms with Gasteiger partial charge >= 0.3 is 0 Å². The van der Waals surface area contributed by atoms with Crippen LogP contribution in [0.25, 0.3) is 0 Å². The van der Waals surface area contributed by atoms with Crippen LogP contribution in [-0.4, -0.2) is 31.8 Å². The highest BCUT2D eigenvalue weighted by Gasteiger charge is 2.36. The lowest BCUT2D eigenvalue weighted by Gasteiger charge is -2.48. The monoisotopic (exact) mass is 310 g/mol. The minimum Gasteiger partial charge on any atom is -0.495 e. The van der Waals surface area contributed by atoms with E-state index in [2.05, 4.69) is 37.1 Å². The molecule has 0 bridgehead atoms. The molecule has 1 aliphatic rings. The third-order valence-electron chi connectivity index (χ3n) is 4.92. The molecule has 1 aliphatic heterocycles. The first-order valence-electron chi connectivity index (χ1n) is 7.94. The number of nitrogens with one attached hydrogen (secondary N) is 1. The van der Waals surface area contributed by atoms with E-state index in [0.29, 0.717) is 11.1 Å². The van der Waals surface area contributed by atoms with Crippen LogP contribution in [0.4, 0.5) is 5.69 Å².